The number of likely N-dealkylation sites (tertiary alicyclic amines) is 1. The predicted molar refractivity (Wildman–Crippen MR) is 99.6 cm³/mol. The smallest absolute Gasteiger partial charge is 0.115 e. The van der Waals surface area contributed by atoms with E-state index in [1.165, 1.54) is 48.6 Å². The highest BCUT2D eigenvalue weighted by Crippen LogP contribution is 2.31. The van der Waals surface area contributed by atoms with Gasteiger partial charge in [0.1, 0.15) is 5.76 Å². The maximum atomic E-state index is 5.39. The van der Waals surface area contributed by atoms with Gasteiger partial charge in [0.2, 0.25) is 0 Å². The zero-order valence-electron chi connectivity index (χ0n) is 13.8. The van der Waals surface area contributed by atoms with Gasteiger partial charge in [-0.1, -0.05) is 36.9 Å². The molecular weight excluding hydrogens is 312 g/mol. The number of unbranched alkanes of at least 4 members (excludes halogenated alkanes) is 1. The maximum absolute atomic E-state index is 5.39. The van der Waals surface area contributed by atoms with Crippen molar-refractivity contribution in [1.82, 2.24) is 9.03 Å². The number of rotatable bonds is 10. The Morgan fingerprint density at radius 1 is 1.23 bits per heavy atom. The van der Waals surface area contributed by atoms with Gasteiger partial charge in [0.15, 0.2) is 0 Å². The third-order valence-electron chi connectivity index (χ3n) is 3.85. The van der Waals surface area contributed by atoms with Crippen molar-refractivity contribution in [2.75, 3.05) is 31.7 Å². The van der Waals surface area contributed by atoms with Gasteiger partial charge in [0.05, 0.1) is 7.11 Å². The van der Waals surface area contributed by atoms with Crippen LogP contribution in [0.15, 0.2) is 35.3 Å². The highest BCUT2D eigenvalue weighted by Gasteiger charge is 2.22. The molecule has 0 atom stereocenters. The first-order chi connectivity index (χ1) is 10.8. The van der Waals surface area contributed by atoms with Crippen molar-refractivity contribution in [3.05, 3.63) is 35.3 Å². The minimum Gasteiger partial charge on any atom is -0.497 e. The number of hydrogen-bond donors (Lipinski definition) is 1. The van der Waals surface area contributed by atoms with Gasteiger partial charge in [0, 0.05) is 30.3 Å². The summed E-state index contributed by atoms with van der Waals surface area (Å²) in [5, 5.41) is 0. The van der Waals surface area contributed by atoms with Gasteiger partial charge >= 0.3 is 0 Å². The lowest BCUT2D eigenvalue weighted by Gasteiger charge is -2.19. The summed E-state index contributed by atoms with van der Waals surface area (Å²) in [5.74, 6) is 3.40. The van der Waals surface area contributed by atoms with Crippen LogP contribution < -0.4 is 4.13 Å². The lowest BCUT2D eigenvalue weighted by molar-refractivity contribution is 0.305. The molecule has 5 heteroatoms. The van der Waals surface area contributed by atoms with Crippen LogP contribution >= 0.6 is 23.9 Å². The summed E-state index contributed by atoms with van der Waals surface area (Å²) in [6.45, 7) is 4.55. The molecule has 1 saturated heterocycles. The van der Waals surface area contributed by atoms with Crippen molar-refractivity contribution >= 4 is 23.9 Å². The summed E-state index contributed by atoms with van der Waals surface area (Å²) in [6, 6.07) is 0. The van der Waals surface area contributed by atoms with E-state index in [2.05, 4.69) is 34.2 Å². The molecule has 1 aliphatic carbocycles. The minimum absolute atomic E-state index is 0.976. The second kappa shape index (κ2) is 10.3. The fraction of sp³-hybridized carbons (Fsp3) is 0.647. The van der Waals surface area contributed by atoms with Crippen molar-refractivity contribution in [2.24, 2.45) is 0 Å². The van der Waals surface area contributed by atoms with E-state index >= 15 is 0 Å². The molecule has 2 rings (SSSR count). The Kier molecular flexibility index (Phi) is 8.34. The average molecular weight is 341 g/mol. The molecule has 0 amide bonds. The van der Waals surface area contributed by atoms with Gasteiger partial charge in [-0.3, -0.25) is 0 Å². The van der Waals surface area contributed by atoms with Crippen molar-refractivity contribution in [1.29, 1.82) is 0 Å². The molecule has 124 valence electrons. The third kappa shape index (κ3) is 5.60. The van der Waals surface area contributed by atoms with Crippen LogP contribution in [-0.4, -0.2) is 36.6 Å². The Morgan fingerprint density at radius 3 is 2.91 bits per heavy atom. The molecule has 3 nitrogen and oxygen atoms in total. The Morgan fingerprint density at radius 2 is 2.09 bits per heavy atom. The topological polar surface area (TPSA) is 24.5 Å². The van der Waals surface area contributed by atoms with Gasteiger partial charge in [-0.15, -0.1) is 0 Å². The molecule has 0 aromatic heterocycles. The fourth-order valence-electron chi connectivity index (χ4n) is 2.71. The van der Waals surface area contributed by atoms with Crippen LogP contribution in [-0.2, 0) is 4.74 Å². The molecule has 2 aliphatic rings. The number of ether oxygens (including phenoxy) is 1. The highest BCUT2D eigenvalue weighted by molar-refractivity contribution is 8.12. The molecule has 1 N–H and O–H groups in total. The van der Waals surface area contributed by atoms with E-state index in [1.807, 2.05) is 23.9 Å². The number of fused-ring (bicyclic) bond motifs is 1. The van der Waals surface area contributed by atoms with E-state index in [0.717, 1.165) is 25.1 Å². The lowest BCUT2D eigenvalue weighted by Crippen LogP contribution is -2.19. The molecule has 0 saturated carbocycles. The Balaban J connectivity index is 1.65. The zero-order chi connectivity index (χ0) is 15.6. The number of methoxy groups -OCH3 is 1. The van der Waals surface area contributed by atoms with Crippen LogP contribution in [0.5, 0.6) is 0 Å². The Bertz CT molecular complexity index is 432. The second-order valence-corrected chi connectivity index (χ2v) is 7.59. The van der Waals surface area contributed by atoms with Gasteiger partial charge in [0.25, 0.3) is 0 Å². The summed E-state index contributed by atoms with van der Waals surface area (Å²) in [6.07, 6.45) is 12.6. The quantitative estimate of drug-likeness (QED) is 0.466. The van der Waals surface area contributed by atoms with Crippen molar-refractivity contribution < 1.29 is 4.74 Å². The van der Waals surface area contributed by atoms with E-state index in [4.69, 9.17) is 4.74 Å². The molecule has 1 fully saturated rings. The molecule has 22 heavy (non-hydrogen) atoms. The molecule has 0 aromatic rings. The standard InChI is InChI=1S/C17H28N2OS2/c1-3-12-21-18-22-13-5-4-10-19-11-9-15-14-16(20-2)7-6-8-17(15)19/h7-8,14,18H,3-6,9-13H2,1-2H3. The second-order valence-electron chi connectivity index (χ2n) is 5.53. The van der Waals surface area contributed by atoms with Crippen LogP contribution in [0, 0.1) is 0 Å². The summed E-state index contributed by atoms with van der Waals surface area (Å²) in [5.41, 5.74) is 2.88. The molecule has 0 bridgehead atoms. The first-order valence-electron chi connectivity index (χ1n) is 8.24. The van der Waals surface area contributed by atoms with Crippen molar-refractivity contribution in [3.63, 3.8) is 0 Å². The number of allylic oxidation sites excluding steroid dienone is 4. The summed E-state index contributed by atoms with van der Waals surface area (Å²) in [7, 11) is 1.76. The molecule has 1 heterocycles. The molecular formula is C17H28N2OS2. The molecule has 0 aromatic carbocycles. The Labute approximate surface area is 143 Å². The van der Waals surface area contributed by atoms with Gasteiger partial charge < -0.3 is 9.64 Å². The molecule has 0 unspecified atom stereocenters. The lowest BCUT2D eigenvalue weighted by atomic mass is 10.1. The van der Waals surface area contributed by atoms with E-state index in [9.17, 15) is 0 Å². The minimum atomic E-state index is 0.976. The van der Waals surface area contributed by atoms with Crippen LogP contribution in [0.2, 0.25) is 0 Å². The monoisotopic (exact) mass is 340 g/mol. The maximum Gasteiger partial charge on any atom is 0.115 e. The zero-order valence-corrected chi connectivity index (χ0v) is 15.4. The molecule has 0 radical (unpaired) electrons. The summed E-state index contributed by atoms with van der Waals surface area (Å²) in [4.78, 5) is 2.54. The SMILES string of the molecule is CCCSNSCCCCN1CCC2=CC(OC)=CCC=C21. The largest absolute Gasteiger partial charge is 0.497 e. The van der Waals surface area contributed by atoms with Crippen LogP contribution in [0.1, 0.15) is 39.0 Å². The number of nitrogens with zero attached hydrogens (tertiary/aromatic N) is 1. The summed E-state index contributed by atoms with van der Waals surface area (Å²) >= 11 is 3.67. The van der Waals surface area contributed by atoms with Crippen LogP contribution in [0.3, 0.4) is 0 Å². The van der Waals surface area contributed by atoms with E-state index in [0.29, 0.717) is 0 Å². The van der Waals surface area contributed by atoms with E-state index < -0.39 is 0 Å². The van der Waals surface area contributed by atoms with Crippen LogP contribution in [0.4, 0.5) is 0 Å². The van der Waals surface area contributed by atoms with Gasteiger partial charge in [-0.2, -0.15) is 0 Å². The van der Waals surface area contributed by atoms with Crippen molar-refractivity contribution in [2.45, 2.75) is 39.0 Å². The predicted octanol–water partition coefficient (Wildman–Crippen LogP) is 4.51. The van der Waals surface area contributed by atoms with E-state index in [1.54, 1.807) is 7.11 Å². The Hall–Kier alpha value is -0.520. The third-order valence-corrected chi connectivity index (χ3v) is 5.90. The van der Waals surface area contributed by atoms with E-state index in [-0.39, 0.29) is 0 Å². The van der Waals surface area contributed by atoms with Crippen molar-refractivity contribution in [3.8, 4) is 0 Å². The molecule has 1 aliphatic heterocycles. The fourth-order valence-corrected chi connectivity index (χ4v) is 4.26. The molecule has 0 spiro atoms. The number of hydrogen-bond acceptors (Lipinski definition) is 5. The normalized spacial score (nSPS) is 17.5. The number of nitrogens with one attached hydrogen (secondary N) is 1. The van der Waals surface area contributed by atoms with Crippen LogP contribution in [0.25, 0.3) is 0 Å². The first-order valence-corrected chi connectivity index (χ1v) is 10.2. The van der Waals surface area contributed by atoms with Gasteiger partial charge in [-0.25, -0.2) is 4.13 Å². The highest BCUT2D eigenvalue weighted by atomic mass is 32.2. The first kappa shape index (κ1) is 17.8. The summed E-state index contributed by atoms with van der Waals surface area (Å²) < 4.78 is 8.75. The average Bonchev–Trinajstić information content (AvgIpc) is 2.79. The van der Waals surface area contributed by atoms with Gasteiger partial charge in [-0.05, 0) is 49.8 Å².